The molecule has 0 rings (SSSR count). The Morgan fingerprint density at radius 3 is 0.938 bits per heavy atom. The van der Waals surface area contributed by atoms with Gasteiger partial charge in [-0.15, -0.1) is 0 Å². The van der Waals surface area contributed by atoms with Crippen LogP contribution in [0.25, 0.3) is 0 Å². The first-order valence-corrected chi connectivity index (χ1v) is 29.3. The van der Waals surface area contributed by atoms with E-state index in [1.165, 1.54) is 257 Å². The van der Waals surface area contributed by atoms with E-state index in [-0.39, 0.29) is 6.61 Å². The molecule has 0 aliphatic rings. The molecule has 0 fully saturated rings. The Morgan fingerprint density at radius 2 is 0.631 bits per heavy atom. The van der Waals surface area contributed by atoms with Crippen LogP contribution in [0.3, 0.4) is 0 Å². The summed E-state index contributed by atoms with van der Waals surface area (Å²) in [6.07, 6.45) is 72.6. The monoisotopic (exact) mass is 914 g/mol. The maximum absolute atomic E-state index is 12.5. The Kier molecular flexibility index (Phi) is 54.0. The maximum atomic E-state index is 12.5. The topological polar surface area (TPSA) is 89.8 Å². The van der Waals surface area contributed by atoms with E-state index in [9.17, 15) is 20.1 Å². The van der Waals surface area contributed by atoms with Crippen molar-refractivity contribution in [1.82, 2.24) is 5.32 Å². The fraction of sp³-hybridized carbons (Fsp3) is 0.883. The van der Waals surface area contributed by atoms with Gasteiger partial charge in [0.2, 0.25) is 5.91 Å². The van der Waals surface area contributed by atoms with Crippen LogP contribution in [0.2, 0.25) is 0 Å². The molecule has 0 radical (unpaired) electrons. The molecule has 5 heteroatoms. The lowest BCUT2D eigenvalue weighted by Gasteiger charge is -2.21. The van der Waals surface area contributed by atoms with Crippen molar-refractivity contribution in [3.05, 3.63) is 36.5 Å². The van der Waals surface area contributed by atoms with E-state index < -0.39 is 24.2 Å². The summed E-state index contributed by atoms with van der Waals surface area (Å²) in [6, 6.07) is -0.813. The molecule has 0 saturated carbocycles. The molecule has 4 N–H and O–H groups in total. The molecule has 3 unspecified atom stereocenters. The number of hydrogen-bond donors (Lipinski definition) is 4. The molecule has 0 heterocycles. The quantitative estimate of drug-likeness (QED) is 0.0361. The molecule has 0 aromatic carbocycles. The standard InChI is InChI=1S/C60H115NO4/c1-3-5-7-9-11-13-15-17-18-19-20-21-22-23-24-25-26-27-28-29-30-31-32-33-34-35-36-37-38-39-40-41-43-45-47-49-51-53-55-59(64)60(65)61-57(56-62)58(63)54-52-50-48-46-44-42-16-14-12-10-8-6-4-2/h29-30,44,46,52,54,57-59,62-64H,3-28,31-43,45,47-51,53,55-56H2,1-2H3,(H,61,65)/b30-29-,46-44+,54-52+. The number of allylic oxidation sites excluding steroid dienone is 5. The molecule has 0 aliphatic carbocycles. The lowest BCUT2D eigenvalue weighted by atomic mass is 10.0. The molecule has 0 aromatic rings. The van der Waals surface area contributed by atoms with E-state index in [2.05, 4.69) is 43.5 Å². The molecule has 65 heavy (non-hydrogen) atoms. The summed E-state index contributed by atoms with van der Waals surface area (Å²) in [4.78, 5) is 12.5. The summed E-state index contributed by atoms with van der Waals surface area (Å²) < 4.78 is 0. The molecule has 3 atom stereocenters. The molecule has 0 aliphatic heterocycles. The summed E-state index contributed by atoms with van der Waals surface area (Å²) in [5.41, 5.74) is 0. The third kappa shape index (κ3) is 50.3. The zero-order valence-electron chi connectivity index (χ0n) is 43.9. The molecular weight excluding hydrogens is 799 g/mol. The predicted molar refractivity (Wildman–Crippen MR) is 287 cm³/mol. The van der Waals surface area contributed by atoms with E-state index in [1.54, 1.807) is 6.08 Å². The van der Waals surface area contributed by atoms with Crippen LogP contribution in [0.1, 0.15) is 316 Å². The van der Waals surface area contributed by atoms with Gasteiger partial charge in [0.05, 0.1) is 18.8 Å². The molecule has 0 aromatic heterocycles. The number of hydrogen-bond acceptors (Lipinski definition) is 4. The van der Waals surface area contributed by atoms with Crippen molar-refractivity contribution in [3.8, 4) is 0 Å². The minimum Gasteiger partial charge on any atom is -0.394 e. The number of aliphatic hydroxyl groups excluding tert-OH is 3. The van der Waals surface area contributed by atoms with Gasteiger partial charge < -0.3 is 20.6 Å². The zero-order valence-corrected chi connectivity index (χ0v) is 43.9. The molecule has 384 valence electrons. The highest BCUT2D eigenvalue weighted by molar-refractivity contribution is 5.80. The molecule has 1 amide bonds. The van der Waals surface area contributed by atoms with Crippen LogP contribution >= 0.6 is 0 Å². The molecule has 0 bridgehead atoms. The van der Waals surface area contributed by atoms with Crippen LogP contribution in [0.15, 0.2) is 36.5 Å². The maximum Gasteiger partial charge on any atom is 0.249 e. The smallest absolute Gasteiger partial charge is 0.249 e. The number of aliphatic hydroxyl groups is 3. The van der Waals surface area contributed by atoms with Crippen molar-refractivity contribution < 1.29 is 20.1 Å². The third-order valence-electron chi connectivity index (χ3n) is 13.7. The predicted octanol–water partition coefficient (Wildman–Crippen LogP) is 18.2. The fourth-order valence-corrected chi connectivity index (χ4v) is 9.14. The van der Waals surface area contributed by atoms with Crippen LogP contribution in [-0.4, -0.2) is 46.1 Å². The van der Waals surface area contributed by atoms with Gasteiger partial charge in [-0.05, 0) is 57.8 Å². The Balaban J connectivity index is 3.46. The minimum atomic E-state index is -1.10. The zero-order chi connectivity index (χ0) is 47.2. The van der Waals surface area contributed by atoms with Gasteiger partial charge in [0, 0.05) is 0 Å². The highest BCUT2D eigenvalue weighted by atomic mass is 16.3. The van der Waals surface area contributed by atoms with E-state index in [0.717, 1.165) is 38.5 Å². The second-order valence-electron chi connectivity index (χ2n) is 20.2. The van der Waals surface area contributed by atoms with Crippen LogP contribution < -0.4 is 5.32 Å². The van der Waals surface area contributed by atoms with Crippen LogP contribution in [0, 0.1) is 0 Å². The highest BCUT2D eigenvalue weighted by Gasteiger charge is 2.22. The number of carbonyl (C=O) groups excluding carboxylic acids is 1. The van der Waals surface area contributed by atoms with Crippen LogP contribution in [-0.2, 0) is 4.79 Å². The second kappa shape index (κ2) is 55.2. The summed E-state index contributed by atoms with van der Waals surface area (Å²) in [7, 11) is 0. The van der Waals surface area contributed by atoms with Gasteiger partial charge in [-0.3, -0.25) is 4.79 Å². The van der Waals surface area contributed by atoms with Gasteiger partial charge in [-0.25, -0.2) is 0 Å². The van der Waals surface area contributed by atoms with E-state index in [0.29, 0.717) is 6.42 Å². The summed E-state index contributed by atoms with van der Waals surface area (Å²) in [5, 5.41) is 33.2. The molecule has 5 nitrogen and oxygen atoms in total. The number of rotatable bonds is 54. The third-order valence-corrected chi connectivity index (χ3v) is 13.7. The van der Waals surface area contributed by atoms with Gasteiger partial charge in [0.1, 0.15) is 6.10 Å². The van der Waals surface area contributed by atoms with E-state index in [1.807, 2.05) is 6.08 Å². The average Bonchev–Trinajstić information content (AvgIpc) is 3.31. The van der Waals surface area contributed by atoms with Crippen molar-refractivity contribution in [3.63, 3.8) is 0 Å². The first-order valence-electron chi connectivity index (χ1n) is 29.3. The number of unbranched alkanes of at least 4 members (excludes halogenated alkanes) is 42. The van der Waals surface area contributed by atoms with Gasteiger partial charge in [0.15, 0.2) is 0 Å². The Bertz CT molecular complexity index is 1010. The van der Waals surface area contributed by atoms with Gasteiger partial charge in [0.25, 0.3) is 0 Å². The van der Waals surface area contributed by atoms with Crippen molar-refractivity contribution >= 4 is 5.91 Å². The molecular formula is C60H115NO4. The first kappa shape index (κ1) is 63.6. The van der Waals surface area contributed by atoms with Crippen LogP contribution in [0.5, 0.6) is 0 Å². The number of amides is 1. The summed E-state index contributed by atoms with van der Waals surface area (Å²) in [6.45, 7) is 4.18. The normalized spacial score (nSPS) is 13.5. The average molecular weight is 915 g/mol. The van der Waals surface area contributed by atoms with Gasteiger partial charge in [-0.1, -0.05) is 294 Å². The van der Waals surface area contributed by atoms with Crippen LogP contribution in [0.4, 0.5) is 0 Å². The molecule has 0 spiro atoms. The van der Waals surface area contributed by atoms with E-state index in [4.69, 9.17) is 0 Å². The van der Waals surface area contributed by atoms with Crippen molar-refractivity contribution in [2.75, 3.05) is 6.61 Å². The van der Waals surface area contributed by atoms with Crippen molar-refractivity contribution in [2.24, 2.45) is 0 Å². The lowest BCUT2D eigenvalue weighted by Crippen LogP contribution is -2.48. The Morgan fingerprint density at radius 1 is 0.369 bits per heavy atom. The molecule has 0 saturated heterocycles. The Hall–Kier alpha value is -1.43. The number of carbonyl (C=O) groups is 1. The highest BCUT2D eigenvalue weighted by Crippen LogP contribution is 2.17. The second-order valence-corrected chi connectivity index (χ2v) is 20.2. The van der Waals surface area contributed by atoms with Crippen molar-refractivity contribution in [1.29, 1.82) is 0 Å². The largest absolute Gasteiger partial charge is 0.394 e. The minimum absolute atomic E-state index is 0.375. The first-order chi connectivity index (χ1) is 32.1. The lowest BCUT2D eigenvalue weighted by molar-refractivity contribution is -0.131. The van der Waals surface area contributed by atoms with Gasteiger partial charge >= 0.3 is 0 Å². The van der Waals surface area contributed by atoms with E-state index >= 15 is 0 Å². The number of nitrogens with one attached hydrogen (secondary N) is 1. The van der Waals surface area contributed by atoms with Crippen molar-refractivity contribution in [2.45, 2.75) is 334 Å². The summed E-state index contributed by atoms with van der Waals surface area (Å²) in [5.74, 6) is -0.510. The summed E-state index contributed by atoms with van der Waals surface area (Å²) >= 11 is 0. The Labute approximate surface area is 406 Å². The SMILES string of the molecule is CCCCCCCCC/C=C/CC/C=C/C(O)C(CO)NC(=O)C(O)CCCCCCCCCCCCCCCCCC/C=C\CCCCCCCCCCCCCCCCCCCC. The fourth-order valence-electron chi connectivity index (χ4n) is 9.14. The van der Waals surface area contributed by atoms with Gasteiger partial charge in [-0.2, -0.15) is 0 Å².